The van der Waals surface area contributed by atoms with Gasteiger partial charge >= 0.3 is 0 Å². The number of aryl methyl sites for hydroxylation is 2. The van der Waals surface area contributed by atoms with Crippen LogP contribution >= 0.6 is 0 Å². The van der Waals surface area contributed by atoms with Crippen LogP contribution in [-0.4, -0.2) is 33.9 Å². The molecule has 0 radical (unpaired) electrons. The number of amides is 2. The van der Waals surface area contributed by atoms with Crippen molar-refractivity contribution in [2.45, 2.75) is 39.2 Å². The number of hydrogen-bond acceptors (Lipinski definition) is 3. The molecule has 0 saturated carbocycles. The van der Waals surface area contributed by atoms with Crippen LogP contribution < -0.4 is 10.9 Å². The number of hydrogen-bond donors (Lipinski definition) is 1. The van der Waals surface area contributed by atoms with E-state index in [0.717, 1.165) is 31.4 Å². The summed E-state index contributed by atoms with van der Waals surface area (Å²) in [5.41, 5.74) is 2.85. The predicted octanol–water partition coefficient (Wildman–Crippen LogP) is 4.11. The van der Waals surface area contributed by atoms with Gasteiger partial charge in [-0.05, 0) is 62.9 Å². The Morgan fingerprint density at radius 3 is 2.58 bits per heavy atom. The Balaban J connectivity index is 1.60. The van der Waals surface area contributed by atoms with Crippen LogP contribution in [0.2, 0.25) is 0 Å². The molecule has 1 aliphatic rings. The van der Waals surface area contributed by atoms with E-state index in [-0.39, 0.29) is 23.4 Å². The minimum Gasteiger partial charge on any atom is -0.336 e. The summed E-state index contributed by atoms with van der Waals surface area (Å²) in [6.45, 7) is 4.74. The van der Waals surface area contributed by atoms with Gasteiger partial charge in [-0.15, -0.1) is 0 Å². The maximum atomic E-state index is 13.0. The van der Waals surface area contributed by atoms with Gasteiger partial charge in [0.05, 0.1) is 11.1 Å². The molecule has 1 fully saturated rings. The van der Waals surface area contributed by atoms with Crippen LogP contribution in [0.3, 0.4) is 0 Å². The van der Waals surface area contributed by atoms with Crippen LogP contribution in [0.5, 0.6) is 0 Å². The average molecular weight is 418 g/mol. The molecule has 160 valence electrons. The summed E-state index contributed by atoms with van der Waals surface area (Å²) in [4.78, 5) is 40.2. The zero-order valence-corrected chi connectivity index (χ0v) is 18.1. The van der Waals surface area contributed by atoms with Crippen molar-refractivity contribution in [3.63, 3.8) is 0 Å². The second kappa shape index (κ2) is 8.38. The highest BCUT2D eigenvalue weighted by Crippen LogP contribution is 2.24. The monoisotopic (exact) mass is 417 g/mol. The van der Waals surface area contributed by atoms with Crippen molar-refractivity contribution in [2.24, 2.45) is 7.05 Å². The molecule has 0 spiro atoms. The maximum absolute atomic E-state index is 13.0. The van der Waals surface area contributed by atoms with Crippen molar-refractivity contribution in [3.05, 3.63) is 75.6 Å². The summed E-state index contributed by atoms with van der Waals surface area (Å²) in [6, 6.07) is 14.3. The normalized spacial score (nSPS) is 16.4. The Morgan fingerprint density at radius 2 is 1.84 bits per heavy atom. The third-order valence-electron chi connectivity index (χ3n) is 6.18. The first-order valence-corrected chi connectivity index (χ1v) is 10.7. The van der Waals surface area contributed by atoms with Crippen LogP contribution in [0.25, 0.3) is 10.9 Å². The largest absolute Gasteiger partial charge is 0.336 e. The van der Waals surface area contributed by atoms with Crippen LogP contribution in [0, 0.1) is 6.92 Å². The molecule has 0 aliphatic carbocycles. The second-order valence-corrected chi connectivity index (χ2v) is 8.30. The number of pyridine rings is 1. The van der Waals surface area contributed by atoms with E-state index < -0.39 is 0 Å². The summed E-state index contributed by atoms with van der Waals surface area (Å²) >= 11 is 0. The SMILES string of the molecule is Cc1cc(C(=O)N2CCCCC2C)ccc1NC(=O)c1cc(=O)n(C)c2ccccc12. The fourth-order valence-corrected chi connectivity index (χ4v) is 4.29. The number of benzene rings is 2. The molecule has 2 amide bonds. The number of carbonyl (C=O) groups is 2. The molecule has 1 aromatic heterocycles. The number of para-hydroxylation sites is 1. The van der Waals surface area contributed by atoms with E-state index >= 15 is 0 Å². The molecule has 31 heavy (non-hydrogen) atoms. The summed E-state index contributed by atoms with van der Waals surface area (Å²) in [5, 5.41) is 3.62. The van der Waals surface area contributed by atoms with Crippen LogP contribution in [0.1, 0.15) is 52.5 Å². The molecule has 2 heterocycles. The lowest BCUT2D eigenvalue weighted by atomic mass is 10.0. The Hall–Kier alpha value is -3.41. The number of nitrogens with one attached hydrogen (secondary N) is 1. The van der Waals surface area contributed by atoms with Gasteiger partial charge in [0, 0.05) is 42.3 Å². The molecule has 2 aromatic carbocycles. The van der Waals surface area contributed by atoms with Crippen LogP contribution in [-0.2, 0) is 7.05 Å². The van der Waals surface area contributed by atoms with Gasteiger partial charge in [0.2, 0.25) is 0 Å². The zero-order chi connectivity index (χ0) is 22.1. The van der Waals surface area contributed by atoms with E-state index in [0.29, 0.717) is 27.7 Å². The Bertz CT molecular complexity index is 1230. The number of fused-ring (bicyclic) bond motifs is 1. The van der Waals surface area contributed by atoms with Crippen molar-refractivity contribution in [1.82, 2.24) is 9.47 Å². The molecular formula is C25H27N3O3. The van der Waals surface area contributed by atoms with E-state index in [1.54, 1.807) is 19.2 Å². The number of anilines is 1. The van der Waals surface area contributed by atoms with Gasteiger partial charge in [-0.25, -0.2) is 0 Å². The van der Waals surface area contributed by atoms with Gasteiger partial charge < -0.3 is 14.8 Å². The second-order valence-electron chi connectivity index (χ2n) is 8.30. The molecule has 6 heteroatoms. The Kier molecular flexibility index (Phi) is 5.63. The number of nitrogens with zero attached hydrogens (tertiary/aromatic N) is 2. The smallest absolute Gasteiger partial charge is 0.256 e. The van der Waals surface area contributed by atoms with Gasteiger partial charge in [0.15, 0.2) is 0 Å². The lowest BCUT2D eigenvalue weighted by molar-refractivity contribution is 0.0635. The van der Waals surface area contributed by atoms with E-state index in [4.69, 9.17) is 0 Å². The fourth-order valence-electron chi connectivity index (χ4n) is 4.29. The number of piperidine rings is 1. The average Bonchev–Trinajstić information content (AvgIpc) is 2.77. The highest BCUT2D eigenvalue weighted by molar-refractivity contribution is 6.12. The van der Waals surface area contributed by atoms with E-state index in [2.05, 4.69) is 12.2 Å². The molecule has 4 rings (SSSR count). The number of rotatable bonds is 3. The first-order valence-electron chi connectivity index (χ1n) is 10.7. The highest BCUT2D eigenvalue weighted by Gasteiger charge is 2.24. The van der Waals surface area contributed by atoms with Crippen LogP contribution in [0.4, 0.5) is 5.69 Å². The molecule has 1 saturated heterocycles. The third-order valence-corrected chi connectivity index (χ3v) is 6.18. The predicted molar refractivity (Wildman–Crippen MR) is 123 cm³/mol. The zero-order valence-electron chi connectivity index (χ0n) is 18.1. The molecule has 6 nitrogen and oxygen atoms in total. The topological polar surface area (TPSA) is 71.4 Å². The first-order chi connectivity index (χ1) is 14.9. The molecule has 1 N–H and O–H groups in total. The van der Waals surface area contributed by atoms with Crippen LogP contribution in [0.15, 0.2) is 53.3 Å². The Morgan fingerprint density at radius 1 is 1.06 bits per heavy atom. The molecule has 1 unspecified atom stereocenters. The number of carbonyl (C=O) groups excluding carboxylic acids is 2. The minimum absolute atomic E-state index is 0.0331. The van der Waals surface area contributed by atoms with Gasteiger partial charge in [0.25, 0.3) is 17.4 Å². The molecule has 3 aromatic rings. The molecule has 1 aliphatic heterocycles. The van der Waals surface area contributed by atoms with Crippen molar-refractivity contribution in [2.75, 3.05) is 11.9 Å². The standard InChI is InChI=1S/C25H27N3O3/c1-16-14-18(25(31)28-13-7-6-8-17(28)2)11-12-21(16)26-24(30)20-15-23(29)27(3)22-10-5-4-9-19(20)22/h4-5,9-12,14-15,17H,6-8,13H2,1-3H3,(H,26,30). The van der Waals surface area contributed by atoms with Gasteiger partial charge in [-0.3, -0.25) is 14.4 Å². The van der Waals surface area contributed by atoms with Gasteiger partial charge in [-0.2, -0.15) is 0 Å². The lowest BCUT2D eigenvalue weighted by Gasteiger charge is -2.33. The molecule has 1 atom stereocenters. The fraction of sp³-hybridized carbons (Fsp3) is 0.320. The summed E-state index contributed by atoms with van der Waals surface area (Å²) < 4.78 is 1.53. The number of likely N-dealkylation sites (tertiary alicyclic amines) is 1. The van der Waals surface area contributed by atoms with E-state index in [9.17, 15) is 14.4 Å². The quantitative estimate of drug-likeness (QED) is 0.697. The van der Waals surface area contributed by atoms with Gasteiger partial charge in [-0.1, -0.05) is 18.2 Å². The maximum Gasteiger partial charge on any atom is 0.256 e. The Labute approximate surface area is 181 Å². The summed E-state index contributed by atoms with van der Waals surface area (Å²) in [5.74, 6) is -0.313. The van der Waals surface area contributed by atoms with E-state index in [1.165, 1.54) is 10.6 Å². The van der Waals surface area contributed by atoms with Crippen molar-refractivity contribution in [1.29, 1.82) is 0 Å². The van der Waals surface area contributed by atoms with Crippen molar-refractivity contribution in [3.8, 4) is 0 Å². The highest BCUT2D eigenvalue weighted by atomic mass is 16.2. The number of aromatic nitrogens is 1. The summed E-state index contributed by atoms with van der Waals surface area (Å²) in [7, 11) is 1.69. The van der Waals surface area contributed by atoms with E-state index in [1.807, 2.05) is 42.2 Å². The molecular weight excluding hydrogens is 390 g/mol. The first kappa shape index (κ1) is 20.8. The molecule has 0 bridgehead atoms. The summed E-state index contributed by atoms with van der Waals surface area (Å²) in [6.07, 6.45) is 3.23. The lowest BCUT2D eigenvalue weighted by Crippen LogP contribution is -2.42. The van der Waals surface area contributed by atoms with Crippen molar-refractivity contribution >= 4 is 28.4 Å². The third kappa shape index (κ3) is 3.98. The minimum atomic E-state index is -0.347. The van der Waals surface area contributed by atoms with Gasteiger partial charge in [0.1, 0.15) is 0 Å². The van der Waals surface area contributed by atoms with Crippen molar-refractivity contribution < 1.29 is 9.59 Å².